The van der Waals surface area contributed by atoms with Crippen LogP contribution in [0.25, 0.3) is 0 Å². The Bertz CT molecular complexity index is 117. The highest BCUT2D eigenvalue weighted by molar-refractivity contribution is 5.08. The Balaban J connectivity index is 2.57. The molecule has 0 amide bonds. The lowest BCUT2D eigenvalue weighted by Crippen LogP contribution is -2.25. The fourth-order valence-electron chi connectivity index (χ4n) is 0.333. The van der Waals surface area contributed by atoms with Gasteiger partial charge in [0.2, 0.25) is 5.95 Å². The highest BCUT2D eigenvalue weighted by Gasteiger charge is 1.88. The number of halogens is 1. The van der Waals surface area contributed by atoms with Gasteiger partial charge < -0.3 is 5.43 Å². The molecule has 1 aliphatic heterocycles. The summed E-state index contributed by atoms with van der Waals surface area (Å²) in [4.78, 5) is 0. The Kier molecular flexibility index (Phi) is 0.978. The molecule has 0 aliphatic carbocycles. The first-order valence-electron chi connectivity index (χ1n) is 1.93. The largest absolute Gasteiger partial charge is 0.306 e. The third-order valence-corrected chi connectivity index (χ3v) is 0.614. The van der Waals surface area contributed by atoms with E-state index in [4.69, 9.17) is 0 Å². The lowest BCUT2D eigenvalue weighted by atomic mass is 10.5. The van der Waals surface area contributed by atoms with Crippen molar-refractivity contribution >= 4 is 0 Å². The Hall–Kier alpha value is -0.990. The van der Waals surface area contributed by atoms with Gasteiger partial charge in [0.25, 0.3) is 0 Å². The van der Waals surface area contributed by atoms with Crippen molar-refractivity contribution in [1.82, 2.24) is 10.9 Å². The van der Waals surface area contributed by atoms with Gasteiger partial charge in [-0.15, -0.1) is 0 Å². The molecule has 2 N–H and O–H groups in total. The van der Waals surface area contributed by atoms with Gasteiger partial charge in [0.1, 0.15) is 0 Å². The third kappa shape index (κ3) is 0.924. The molecule has 0 fully saturated rings. The van der Waals surface area contributed by atoms with Crippen LogP contribution in [-0.2, 0) is 0 Å². The maximum atomic E-state index is 11.8. The van der Waals surface area contributed by atoms with E-state index in [-0.39, 0.29) is 5.95 Å². The number of rotatable bonds is 0. The van der Waals surface area contributed by atoms with Crippen LogP contribution < -0.4 is 10.9 Å². The summed E-state index contributed by atoms with van der Waals surface area (Å²) >= 11 is 0. The van der Waals surface area contributed by atoms with Crippen LogP contribution in [0.5, 0.6) is 0 Å². The maximum absolute atomic E-state index is 11.8. The van der Waals surface area contributed by atoms with E-state index in [0.29, 0.717) is 0 Å². The van der Waals surface area contributed by atoms with E-state index < -0.39 is 0 Å². The summed E-state index contributed by atoms with van der Waals surface area (Å²) in [5, 5.41) is 0. The van der Waals surface area contributed by atoms with Gasteiger partial charge in [-0.1, -0.05) is 0 Å². The Morgan fingerprint density at radius 2 is 2.43 bits per heavy atom. The molecule has 0 unspecified atom stereocenters. The number of hydrazine groups is 1. The van der Waals surface area contributed by atoms with E-state index in [9.17, 15) is 4.39 Å². The van der Waals surface area contributed by atoms with Crippen LogP contribution in [0.1, 0.15) is 0 Å². The molecule has 1 heterocycles. The fraction of sp³-hybridized carbons (Fsp3) is 0. The molecule has 0 radical (unpaired) electrons. The van der Waals surface area contributed by atoms with E-state index in [1.54, 1.807) is 12.3 Å². The Labute approximate surface area is 40.7 Å². The van der Waals surface area contributed by atoms with Gasteiger partial charge in [-0.2, -0.15) is 4.39 Å². The molecular weight excluding hydrogens is 95.1 g/mol. The van der Waals surface area contributed by atoms with Crippen molar-refractivity contribution in [3.63, 3.8) is 0 Å². The van der Waals surface area contributed by atoms with Gasteiger partial charge in [0.15, 0.2) is 0 Å². The molecule has 0 bridgehead atoms. The third-order valence-electron chi connectivity index (χ3n) is 0.614. The smallest absolute Gasteiger partial charge is 0.205 e. The highest BCUT2D eigenvalue weighted by Crippen LogP contribution is 1.91. The summed E-state index contributed by atoms with van der Waals surface area (Å²) < 4.78 is 11.8. The van der Waals surface area contributed by atoms with Crippen LogP contribution in [-0.4, -0.2) is 0 Å². The molecular formula is C4H5FN2. The van der Waals surface area contributed by atoms with Crippen LogP contribution in [0.4, 0.5) is 4.39 Å². The molecule has 0 atom stereocenters. The number of nitrogens with one attached hydrogen (secondary N) is 2. The Morgan fingerprint density at radius 3 is 2.71 bits per heavy atom. The van der Waals surface area contributed by atoms with Crippen molar-refractivity contribution in [3.8, 4) is 0 Å². The second kappa shape index (κ2) is 1.64. The summed E-state index contributed by atoms with van der Waals surface area (Å²) in [6.07, 6.45) is 4.51. The Morgan fingerprint density at radius 1 is 1.57 bits per heavy atom. The molecule has 1 aliphatic rings. The molecule has 38 valence electrons. The van der Waals surface area contributed by atoms with Crippen molar-refractivity contribution < 1.29 is 4.39 Å². The molecule has 0 aromatic carbocycles. The van der Waals surface area contributed by atoms with Crippen LogP contribution in [0, 0.1) is 0 Å². The van der Waals surface area contributed by atoms with Gasteiger partial charge in [0.05, 0.1) is 0 Å². The first kappa shape index (κ1) is 4.18. The van der Waals surface area contributed by atoms with Crippen molar-refractivity contribution in [2.75, 3.05) is 0 Å². The van der Waals surface area contributed by atoms with E-state index >= 15 is 0 Å². The molecule has 0 aromatic heterocycles. The quantitative estimate of drug-likeness (QED) is 0.431. The van der Waals surface area contributed by atoms with E-state index in [1.807, 2.05) is 0 Å². The van der Waals surface area contributed by atoms with Crippen LogP contribution in [0.2, 0.25) is 0 Å². The van der Waals surface area contributed by atoms with Gasteiger partial charge in [-0.25, -0.2) is 0 Å². The second-order valence-electron chi connectivity index (χ2n) is 1.14. The summed E-state index contributed by atoms with van der Waals surface area (Å²) in [5.74, 6) is -0.359. The van der Waals surface area contributed by atoms with Gasteiger partial charge in [-0.05, 0) is 12.2 Å². The summed E-state index contributed by atoms with van der Waals surface area (Å²) in [7, 11) is 0. The van der Waals surface area contributed by atoms with Crippen LogP contribution in [0.15, 0.2) is 24.3 Å². The first-order chi connectivity index (χ1) is 3.39. The zero-order valence-electron chi connectivity index (χ0n) is 3.61. The van der Waals surface area contributed by atoms with Crippen molar-refractivity contribution in [2.24, 2.45) is 0 Å². The minimum atomic E-state index is -0.359. The van der Waals surface area contributed by atoms with Crippen molar-refractivity contribution in [2.45, 2.75) is 0 Å². The minimum absolute atomic E-state index is 0.359. The second-order valence-corrected chi connectivity index (χ2v) is 1.14. The van der Waals surface area contributed by atoms with Gasteiger partial charge in [0, 0.05) is 6.20 Å². The monoisotopic (exact) mass is 100 g/mol. The molecule has 0 spiro atoms. The van der Waals surface area contributed by atoms with Crippen LogP contribution >= 0.6 is 0 Å². The molecule has 2 nitrogen and oxygen atoms in total. The molecule has 0 saturated heterocycles. The van der Waals surface area contributed by atoms with Crippen molar-refractivity contribution in [1.29, 1.82) is 0 Å². The molecule has 1 rings (SSSR count). The van der Waals surface area contributed by atoms with E-state index in [0.717, 1.165) is 0 Å². The standard InChI is InChI=1S/C4H5FN2/c5-4-2-1-3-6-7-4/h1-3,6-7H. The lowest BCUT2D eigenvalue weighted by molar-refractivity contribution is 0.509. The molecule has 0 saturated carbocycles. The average Bonchev–Trinajstić information content (AvgIpc) is 1.69. The maximum Gasteiger partial charge on any atom is 0.205 e. The summed E-state index contributed by atoms with van der Waals surface area (Å²) in [5.41, 5.74) is 4.70. The van der Waals surface area contributed by atoms with E-state index in [2.05, 4.69) is 10.9 Å². The highest BCUT2D eigenvalue weighted by atomic mass is 19.1. The van der Waals surface area contributed by atoms with Gasteiger partial charge in [-0.3, -0.25) is 5.43 Å². The molecule has 3 heteroatoms. The minimum Gasteiger partial charge on any atom is -0.306 e. The number of hydrogen-bond donors (Lipinski definition) is 2. The number of hydrogen-bond acceptors (Lipinski definition) is 2. The van der Waals surface area contributed by atoms with Crippen molar-refractivity contribution in [3.05, 3.63) is 24.3 Å². The molecule has 7 heavy (non-hydrogen) atoms. The first-order valence-corrected chi connectivity index (χ1v) is 1.93. The zero-order valence-corrected chi connectivity index (χ0v) is 3.61. The number of allylic oxidation sites excluding steroid dienone is 2. The molecule has 0 aromatic rings. The lowest BCUT2D eigenvalue weighted by Gasteiger charge is -2.03. The van der Waals surface area contributed by atoms with Gasteiger partial charge >= 0.3 is 0 Å². The predicted molar refractivity (Wildman–Crippen MR) is 24.6 cm³/mol. The zero-order chi connectivity index (χ0) is 5.11. The summed E-state index contributed by atoms with van der Waals surface area (Å²) in [6, 6.07) is 0. The van der Waals surface area contributed by atoms with E-state index in [1.165, 1.54) is 6.08 Å². The topological polar surface area (TPSA) is 24.1 Å². The SMILES string of the molecule is FC1=CC=CNN1. The summed E-state index contributed by atoms with van der Waals surface area (Å²) in [6.45, 7) is 0. The normalized spacial score (nSPS) is 17.0. The predicted octanol–water partition coefficient (Wildman–Crippen LogP) is 0.419. The average molecular weight is 100 g/mol. The fourth-order valence-corrected chi connectivity index (χ4v) is 0.333. The van der Waals surface area contributed by atoms with Crippen LogP contribution in [0.3, 0.4) is 0 Å².